The second kappa shape index (κ2) is 6.22. The molecule has 1 aromatic carbocycles. The van der Waals surface area contributed by atoms with E-state index < -0.39 is 11.2 Å². The van der Waals surface area contributed by atoms with Crippen LogP contribution in [-0.2, 0) is 11.3 Å². The largest absolute Gasteiger partial charge is 0.422 e. The molecular formula is C21H24N2O4. The zero-order valence-corrected chi connectivity index (χ0v) is 15.9. The third-order valence-corrected chi connectivity index (χ3v) is 6.35. The quantitative estimate of drug-likeness (QED) is 0.651. The van der Waals surface area contributed by atoms with Crippen LogP contribution in [0.15, 0.2) is 27.4 Å². The van der Waals surface area contributed by atoms with Gasteiger partial charge in [0.05, 0.1) is 6.54 Å². The Morgan fingerprint density at radius 3 is 2.74 bits per heavy atom. The predicted octanol–water partition coefficient (Wildman–Crippen LogP) is 3.41. The maximum atomic E-state index is 13.2. The van der Waals surface area contributed by atoms with Crippen LogP contribution < -0.4 is 10.9 Å². The summed E-state index contributed by atoms with van der Waals surface area (Å²) in [6.07, 6.45) is 3.61. The number of hydrogen-bond donors (Lipinski definition) is 1. The minimum absolute atomic E-state index is 0.0732. The number of nitrogens with zero attached hydrogens (tertiary/aromatic N) is 1. The fourth-order valence-electron chi connectivity index (χ4n) is 4.46. The van der Waals surface area contributed by atoms with Gasteiger partial charge in [0.1, 0.15) is 11.1 Å². The zero-order chi connectivity index (χ0) is 19.3. The Kier molecular flexibility index (Phi) is 4.09. The van der Waals surface area contributed by atoms with Gasteiger partial charge >= 0.3 is 11.7 Å². The van der Waals surface area contributed by atoms with Crippen LogP contribution in [0.25, 0.3) is 11.0 Å². The van der Waals surface area contributed by atoms with Crippen molar-refractivity contribution in [1.82, 2.24) is 10.2 Å². The van der Waals surface area contributed by atoms with Gasteiger partial charge in [-0.2, -0.15) is 0 Å². The first-order valence-electron chi connectivity index (χ1n) is 9.50. The summed E-state index contributed by atoms with van der Waals surface area (Å²) in [5, 5.41) is 3.72. The highest BCUT2D eigenvalue weighted by Crippen LogP contribution is 2.39. The number of rotatable bonds is 2. The van der Waals surface area contributed by atoms with Crippen molar-refractivity contribution < 1.29 is 14.0 Å². The molecule has 1 aliphatic carbocycles. The SMILES string of the molecule is Cc1ccc2c(CN3C(=O)N[C@]4(CCCC[C@H]4C)C3=O)cc(=O)oc2c1C. The fourth-order valence-corrected chi connectivity index (χ4v) is 4.46. The standard InChI is InChI=1S/C21H24N2O4/c1-12-7-8-16-15(10-17(24)27-18(16)14(12)3)11-23-19(25)21(22-20(23)26)9-5-4-6-13(21)2/h7-8,10,13H,4-6,9,11H2,1-3H3,(H,22,26)/t13-,21+/m1/s1. The van der Waals surface area contributed by atoms with Crippen molar-refractivity contribution in [3.63, 3.8) is 0 Å². The number of urea groups is 1. The van der Waals surface area contributed by atoms with Crippen LogP contribution in [0.2, 0.25) is 0 Å². The average Bonchev–Trinajstić information content (AvgIpc) is 2.86. The molecule has 27 heavy (non-hydrogen) atoms. The number of aryl methyl sites for hydroxylation is 2. The number of benzene rings is 1. The number of fused-ring (bicyclic) bond motifs is 1. The number of imide groups is 1. The lowest BCUT2D eigenvalue weighted by Crippen LogP contribution is -2.53. The Hall–Kier alpha value is -2.63. The molecular weight excluding hydrogens is 344 g/mol. The van der Waals surface area contributed by atoms with E-state index in [1.165, 1.54) is 11.0 Å². The molecule has 0 bridgehead atoms. The molecule has 1 aliphatic heterocycles. The Balaban J connectivity index is 1.74. The molecule has 0 radical (unpaired) electrons. The van der Waals surface area contributed by atoms with Crippen LogP contribution in [0.3, 0.4) is 0 Å². The van der Waals surface area contributed by atoms with Gasteiger partial charge in [-0.05, 0) is 49.3 Å². The topological polar surface area (TPSA) is 79.6 Å². The monoisotopic (exact) mass is 368 g/mol. The summed E-state index contributed by atoms with van der Waals surface area (Å²) in [6.45, 7) is 5.95. The summed E-state index contributed by atoms with van der Waals surface area (Å²) in [6, 6.07) is 4.84. The lowest BCUT2D eigenvalue weighted by Gasteiger charge is -2.36. The molecule has 6 nitrogen and oxygen atoms in total. The summed E-state index contributed by atoms with van der Waals surface area (Å²) in [5.74, 6) is -0.0693. The highest BCUT2D eigenvalue weighted by atomic mass is 16.4. The maximum Gasteiger partial charge on any atom is 0.336 e. The van der Waals surface area contributed by atoms with E-state index >= 15 is 0 Å². The van der Waals surface area contributed by atoms with E-state index in [2.05, 4.69) is 5.32 Å². The van der Waals surface area contributed by atoms with E-state index in [0.717, 1.165) is 35.8 Å². The molecule has 1 aromatic heterocycles. The summed E-state index contributed by atoms with van der Waals surface area (Å²) in [7, 11) is 0. The molecule has 0 unspecified atom stereocenters. The maximum absolute atomic E-state index is 13.2. The Labute approximate surface area is 157 Å². The van der Waals surface area contributed by atoms with Gasteiger partial charge in [-0.15, -0.1) is 0 Å². The summed E-state index contributed by atoms with van der Waals surface area (Å²) in [4.78, 5) is 39.2. The summed E-state index contributed by atoms with van der Waals surface area (Å²) >= 11 is 0. The van der Waals surface area contributed by atoms with Gasteiger partial charge in [0, 0.05) is 11.5 Å². The molecule has 1 saturated carbocycles. The molecule has 2 aromatic rings. The Bertz CT molecular complexity index is 1010. The predicted molar refractivity (Wildman–Crippen MR) is 101 cm³/mol. The minimum Gasteiger partial charge on any atom is -0.422 e. The van der Waals surface area contributed by atoms with Crippen LogP contribution in [0, 0.1) is 19.8 Å². The normalized spacial score (nSPS) is 25.4. The fraction of sp³-hybridized carbons (Fsp3) is 0.476. The van der Waals surface area contributed by atoms with Gasteiger partial charge in [-0.25, -0.2) is 9.59 Å². The molecule has 1 saturated heterocycles. The third-order valence-electron chi connectivity index (χ3n) is 6.35. The molecule has 2 atom stereocenters. The van der Waals surface area contributed by atoms with Crippen molar-refractivity contribution in [3.05, 3.63) is 45.3 Å². The van der Waals surface area contributed by atoms with Gasteiger partial charge < -0.3 is 9.73 Å². The zero-order valence-electron chi connectivity index (χ0n) is 15.9. The second-order valence-corrected chi connectivity index (χ2v) is 7.91. The van der Waals surface area contributed by atoms with Crippen LogP contribution in [0.4, 0.5) is 4.79 Å². The third kappa shape index (κ3) is 2.66. The molecule has 4 rings (SSSR count). The molecule has 142 valence electrons. The van der Waals surface area contributed by atoms with E-state index in [9.17, 15) is 14.4 Å². The number of carbonyl (C=O) groups excluding carboxylic acids is 2. The molecule has 2 heterocycles. The van der Waals surface area contributed by atoms with Crippen molar-refractivity contribution in [3.8, 4) is 0 Å². The van der Waals surface area contributed by atoms with Crippen LogP contribution in [0.5, 0.6) is 0 Å². The summed E-state index contributed by atoms with van der Waals surface area (Å²) in [5.41, 5.74) is 1.79. The number of hydrogen-bond acceptors (Lipinski definition) is 4. The number of nitrogens with one attached hydrogen (secondary N) is 1. The van der Waals surface area contributed by atoms with Gasteiger partial charge in [0.2, 0.25) is 0 Å². The molecule has 1 spiro atoms. The number of amides is 3. The van der Waals surface area contributed by atoms with Crippen LogP contribution >= 0.6 is 0 Å². The second-order valence-electron chi connectivity index (χ2n) is 7.91. The lowest BCUT2D eigenvalue weighted by molar-refractivity contribution is -0.134. The van der Waals surface area contributed by atoms with E-state index in [-0.39, 0.29) is 24.4 Å². The number of carbonyl (C=O) groups is 2. The molecule has 3 amide bonds. The average molecular weight is 368 g/mol. The van der Waals surface area contributed by atoms with Crippen molar-refractivity contribution in [1.29, 1.82) is 0 Å². The van der Waals surface area contributed by atoms with E-state index in [1.807, 2.05) is 32.9 Å². The van der Waals surface area contributed by atoms with Crippen molar-refractivity contribution >= 4 is 22.9 Å². The van der Waals surface area contributed by atoms with Gasteiger partial charge in [-0.1, -0.05) is 31.9 Å². The lowest BCUT2D eigenvalue weighted by atomic mass is 9.73. The molecule has 2 aliphatic rings. The van der Waals surface area contributed by atoms with Crippen molar-refractivity contribution in [2.24, 2.45) is 5.92 Å². The highest BCUT2D eigenvalue weighted by Gasteiger charge is 2.54. The molecule has 2 fully saturated rings. The van der Waals surface area contributed by atoms with Crippen LogP contribution in [0.1, 0.15) is 49.3 Å². The van der Waals surface area contributed by atoms with Crippen molar-refractivity contribution in [2.45, 2.75) is 58.5 Å². The first-order valence-corrected chi connectivity index (χ1v) is 9.50. The van der Waals surface area contributed by atoms with E-state index in [0.29, 0.717) is 17.6 Å². The molecule has 1 N–H and O–H groups in total. The van der Waals surface area contributed by atoms with E-state index in [4.69, 9.17) is 4.42 Å². The van der Waals surface area contributed by atoms with Crippen molar-refractivity contribution in [2.75, 3.05) is 0 Å². The first-order chi connectivity index (χ1) is 12.8. The Morgan fingerprint density at radius 2 is 2.00 bits per heavy atom. The highest BCUT2D eigenvalue weighted by molar-refractivity contribution is 6.07. The van der Waals surface area contributed by atoms with Gasteiger partial charge in [0.15, 0.2) is 0 Å². The smallest absolute Gasteiger partial charge is 0.336 e. The van der Waals surface area contributed by atoms with E-state index in [1.54, 1.807) is 0 Å². The first kappa shape index (κ1) is 17.8. The Morgan fingerprint density at radius 1 is 1.22 bits per heavy atom. The van der Waals surface area contributed by atoms with Gasteiger partial charge in [0.25, 0.3) is 5.91 Å². The molecule has 6 heteroatoms. The van der Waals surface area contributed by atoms with Gasteiger partial charge in [-0.3, -0.25) is 9.69 Å². The van der Waals surface area contributed by atoms with Crippen LogP contribution in [-0.4, -0.2) is 22.4 Å². The summed E-state index contributed by atoms with van der Waals surface area (Å²) < 4.78 is 5.40. The minimum atomic E-state index is -0.795.